The van der Waals surface area contributed by atoms with Gasteiger partial charge in [-0.25, -0.2) is 0 Å². The first kappa shape index (κ1) is 9.96. The Bertz CT molecular complexity index is 130. The molecule has 72 valence electrons. The minimum Gasteiger partial charge on any atom is -0.390 e. The van der Waals surface area contributed by atoms with Crippen LogP contribution in [0.3, 0.4) is 0 Å². The van der Waals surface area contributed by atoms with E-state index in [-0.39, 0.29) is 6.10 Å². The Hall–Kier alpha value is -0.120. The third-order valence-corrected chi connectivity index (χ3v) is 2.48. The van der Waals surface area contributed by atoms with Crippen molar-refractivity contribution >= 4 is 0 Å². The molecule has 0 aromatic rings. The maximum Gasteiger partial charge on any atom is 0.0789 e. The number of nitrogens with two attached hydrogens (primary N) is 1. The fraction of sp³-hybridized carbons (Fsp3) is 1.00. The lowest BCUT2D eigenvalue weighted by molar-refractivity contribution is 0.0924. The molecule has 1 rings (SSSR count). The molecule has 12 heavy (non-hydrogen) atoms. The highest BCUT2D eigenvalue weighted by atomic mass is 16.3. The third kappa shape index (κ3) is 3.09. The predicted octanol–water partition coefficient (Wildman–Crippen LogP) is 0.0379. The first-order valence-electron chi connectivity index (χ1n) is 4.83. The van der Waals surface area contributed by atoms with Crippen LogP contribution < -0.4 is 5.73 Å². The largest absolute Gasteiger partial charge is 0.390 e. The van der Waals surface area contributed by atoms with Gasteiger partial charge in [-0.3, -0.25) is 0 Å². The van der Waals surface area contributed by atoms with Crippen LogP contribution in [-0.2, 0) is 0 Å². The van der Waals surface area contributed by atoms with Gasteiger partial charge in [-0.15, -0.1) is 0 Å². The average molecular weight is 172 g/mol. The minimum absolute atomic E-state index is 0.338. The molecule has 3 nitrogen and oxygen atoms in total. The summed E-state index contributed by atoms with van der Waals surface area (Å²) in [5.41, 5.74) is 5.35. The maximum absolute atomic E-state index is 9.33. The molecule has 0 spiro atoms. The Kier molecular flexibility index (Phi) is 3.98. The van der Waals surface area contributed by atoms with Gasteiger partial charge >= 0.3 is 0 Å². The molecule has 0 bridgehead atoms. The van der Waals surface area contributed by atoms with E-state index in [0.717, 1.165) is 25.6 Å². The molecule has 0 unspecified atom stereocenters. The highest BCUT2D eigenvalue weighted by Crippen LogP contribution is 2.15. The first-order valence-corrected chi connectivity index (χ1v) is 4.83. The number of hydrogen-bond donors (Lipinski definition) is 2. The molecule has 0 aromatic heterocycles. The Labute approximate surface area is 74.5 Å². The summed E-state index contributed by atoms with van der Waals surface area (Å²) in [6.07, 6.45) is 2.25. The quantitative estimate of drug-likeness (QED) is 0.632. The van der Waals surface area contributed by atoms with Crippen LogP contribution >= 0.6 is 0 Å². The summed E-state index contributed by atoms with van der Waals surface area (Å²) in [7, 11) is 0. The second kappa shape index (κ2) is 4.80. The number of rotatable bonds is 3. The smallest absolute Gasteiger partial charge is 0.0789 e. The molecule has 3 N–H and O–H groups in total. The number of piperidine rings is 1. The minimum atomic E-state index is -0.338. The lowest BCUT2D eigenvalue weighted by Crippen LogP contribution is -2.41. The third-order valence-electron chi connectivity index (χ3n) is 2.48. The van der Waals surface area contributed by atoms with Crippen molar-refractivity contribution in [2.75, 3.05) is 26.2 Å². The van der Waals surface area contributed by atoms with Gasteiger partial charge in [0.2, 0.25) is 0 Å². The summed E-state index contributed by atoms with van der Waals surface area (Å²) in [5, 5.41) is 9.33. The molecule has 0 aromatic carbocycles. The molecule has 1 saturated heterocycles. The molecule has 3 heteroatoms. The van der Waals surface area contributed by atoms with Gasteiger partial charge < -0.3 is 15.7 Å². The average Bonchev–Trinajstić information content (AvgIpc) is 2.04. The highest BCUT2D eigenvalue weighted by Gasteiger charge is 2.17. The monoisotopic (exact) mass is 172 g/mol. The normalized spacial score (nSPS) is 28.8. The Morgan fingerprint density at radius 1 is 1.67 bits per heavy atom. The molecule has 0 aliphatic carbocycles. The topological polar surface area (TPSA) is 49.5 Å². The van der Waals surface area contributed by atoms with Crippen LogP contribution in [0.15, 0.2) is 0 Å². The van der Waals surface area contributed by atoms with Gasteiger partial charge in [0.15, 0.2) is 0 Å². The zero-order valence-corrected chi connectivity index (χ0v) is 7.87. The van der Waals surface area contributed by atoms with E-state index in [9.17, 15) is 5.11 Å². The molecule has 1 aliphatic heterocycles. The summed E-state index contributed by atoms with van der Waals surface area (Å²) in [6, 6.07) is 0. The Morgan fingerprint density at radius 3 is 3.00 bits per heavy atom. The van der Waals surface area contributed by atoms with Crippen molar-refractivity contribution in [1.82, 2.24) is 4.90 Å². The SMILES string of the molecule is C[C@H]1CCCN(C[C@H](O)CN)C1. The van der Waals surface area contributed by atoms with E-state index < -0.39 is 0 Å². The molecule has 1 fully saturated rings. The lowest BCUT2D eigenvalue weighted by atomic mass is 10.00. The number of β-amino-alcohol motifs (C(OH)–C–C–N with tert-alkyl or cyclic N) is 1. The van der Waals surface area contributed by atoms with Crippen LogP contribution in [0.2, 0.25) is 0 Å². The molecule has 0 radical (unpaired) electrons. The number of likely N-dealkylation sites (tertiary alicyclic amines) is 1. The molecule has 2 atom stereocenters. The summed E-state index contributed by atoms with van der Waals surface area (Å²) in [6.45, 7) is 5.64. The van der Waals surface area contributed by atoms with Crippen LogP contribution in [0.1, 0.15) is 19.8 Å². The number of aliphatic hydroxyl groups is 1. The van der Waals surface area contributed by atoms with Gasteiger partial charge in [0, 0.05) is 19.6 Å². The molecular weight excluding hydrogens is 152 g/mol. The van der Waals surface area contributed by atoms with E-state index in [0.29, 0.717) is 6.54 Å². The molecule has 0 amide bonds. The standard InChI is InChI=1S/C9H20N2O/c1-8-3-2-4-11(6-8)7-9(12)5-10/h8-9,12H,2-7,10H2,1H3/t8-,9+/m0/s1. The van der Waals surface area contributed by atoms with Crippen LogP contribution in [0.4, 0.5) is 0 Å². The molecule has 1 heterocycles. The van der Waals surface area contributed by atoms with Crippen molar-refractivity contribution in [1.29, 1.82) is 0 Å². The van der Waals surface area contributed by atoms with Gasteiger partial charge in [-0.2, -0.15) is 0 Å². The fourth-order valence-corrected chi connectivity index (χ4v) is 1.83. The molecular formula is C9H20N2O. The van der Waals surface area contributed by atoms with Gasteiger partial charge in [0.1, 0.15) is 0 Å². The summed E-state index contributed by atoms with van der Waals surface area (Å²) < 4.78 is 0. The van der Waals surface area contributed by atoms with E-state index in [1.807, 2.05) is 0 Å². The van der Waals surface area contributed by atoms with Gasteiger partial charge in [-0.1, -0.05) is 6.92 Å². The van der Waals surface area contributed by atoms with Gasteiger partial charge in [0.05, 0.1) is 6.10 Å². The highest BCUT2D eigenvalue weighted by molar-refractivity contribution is 4.72. The van der Waals surface area contributed by atoms with Crippen LogP contribution in [0.25, 0.3) is 0 Å². The van der Waals surface area contributed by atoms with E-state index >= 15 is 0 Å². The van der Waals surface area contributed by atoms with Crippen molar-refractivity contribution in [3.8, 4) is 0 Å². The Morgan fingerprint density at radius 2 is 2.42 bits per heavy atom. The number of nitrogens with zero attached hydrogens (tertiary/aromatic N) is 1. The molecule has 1 aliphatic rings. The maximum atomic E-state index is 9.33. The van der Waals surface area contributed by atoms with E-state index in [1.165, 1.54) is 12.8 Å². The van der Waals surface area contributed by atoms with Crippen molar-refractivity contribution in [2.24, 2.45) is 11.7 Å². The van der Waals surface area contributed by atoms with Crippen molar-refractivity contribution < 1.29 is 5.11 Å². The van der Waals surface area contributed by atoms with Crippen molar-refractivity contribution in [3.63, 3.8) is 0 Å². The molecule has 0 saturated carbocycles. The van der Waals surface area contributed by atoms with E-state index in [2.05, 4.69) is 11.8 Å². The predicted molar refractivity (Wildman–Crippen MR) is 49.9 cm³/mol. The van der Waals surface area contributed by atoms with Crippen LogP contribution in [0, 0.1) is 5.92 Å². The second-order valence-corrected chi connectivity index (χ2v) is 3.90. The summed E-state index contributed by atoms with van der Waals surface area (Å²) in [4.78, 5) is 2.31. The van der Waals surface area contributed by atoms with Crippen LogP contribution in [-0.4, -0.2) is 42.3 Å². The van der Waals surface area contributed by atoms with E-state index in [1.54, 1.807) is 0 Å². The first-order chi connectivity index (χ1) is 5.72. The summed E-state index contributed by atoms with van der Waals surface area (Å²) >= 11 is 0. The van der Waals surface area contributed by atoms with Crippen molar-refractivity contribution in [3.05, 3.63) is 0 Å². The Balaban J connectivity index is 2.22. The zero-order chi connectivity index (χ0) is 8.97. The van der Waals surface area contributed by atoms with Gasteiger partial charge in [-0.05, 0) is 25.3 Å². The lowest BCUT2D eigenvalue weighted by Gasteiger charge is -2.31. The van der Waals surface area contributed by atoms with Crippen molar-refractivity contribution in [2.45, 2.75) is 25.9 Å². The van der Waals surface area contributed by atoms with E-state index in [4.69, 9.17) is 5.73 Å². The number of aliphatic hydroxyl groups excluding tert-OH is 1. The summed E-state index contributed by atoms with van der Waals surface area (Å²) in [5.74, 6) is 0.781. The number of hydrogen-bond acceptors (Lipinski definition) is 3. The van der Waals surface area contributed by atoms with Gasteiger partial charge in [0.25, 0.3) is 0 Å². The fourth-order valence-electron chi connectivity index (χ4n) is 1.83. The zero-order valence-electron chi connectivity index (χ0n) is 7.87. The van der Waals surface area contributed by atoms with Crippen LogP contribution in [0.5, 0.6) is 0 Å². The second-order valence-electron chi connectivity index (χ2n) is 3.90.